The summed E-state index contributed by atoms with van der Waals surface area (Å²) in [5.74, 6) is -0.514. The molecule has 3 aromatic rings. The van der Waals surface area contributed by atoms with Crippen LogP contribution >= 0.6 is 0 Å². The van der Waals surface area contributed by atoms with Gasteiger partial charge in [-0.3, -0.25) is 4.79 Å². The first kappa shape index (κ1) is 19.5. The summed E-state index contributed by atoms with van der Waals surface area (Å²) < 4.78 is 4.88. The van der Waals surface area contributed by atoms with Gasteiger partial charge in [0.2, 0.25) is 0 Å². The second-order valence-corrected chi connectivity index (χ2v) is 6.99. The first-order valence-corrected chi connectivity index (χ1v) is 9.73. The molecule has 1 heterocycles. The Kier molecular flexibility index (Phi) is 5.61. The van der Waals surface area contributed by atoms with Crippen LogP contribution in [0.4, 0.5) is 5.69 Å². The lowest BCUT2D eigenvalue weighted by atomic mass is 10.0. The Balaban J connectivity index is 1.70. The number of ether oxygens (including phenoxy) is 1. The monoisotopic (exact) mass is 398 g/mol. The van der Waals surface area contributed by atoms with Crippen molar-refractivity contribution in [3.05, 3.63) is 107 Å². The van der Waals surface area contributed by atoms with Gasteiger partial charge in [-0.15, -0.1) is 0 Å². The van der Waals surface area contributed by atoms with E-state index in [2.05, 4.69) is 22.3 Å². The molecular formula is C25H22N2O3. The van der Waals surface area contributed by atoms with Gasteiger partial charge < -0.3 is 15.0 Å². The summed E-state index contributed by atoms with van der Waals surface area (Å²) in [4.78, 5) is 26.9. The lowest BCUT2D eigenvalue weighted by Gasteiger charge is -2.37. The summed E-state index contributed by atoms with van der Waals surface area (Å²) in [6, 6.07) is 24.9. The molecule has 0 spiro atoms. The van der Waals surface area contributed by atoms with E-state index in [9.17, 15) is 9.59 Å². The van der Waals surface area contributed by atoms with Crippen LogP contribution < -0.4 is 10.2 Å². The number of nitrogens with zero attached hydrogens (tertiary/aromatic N) is 1. The van der Waals surface area contributed by atoms with Gasteiger partial charge in [0, 0.05) is 6.54 Å². The molecule has 1 unspecified atom stereocenters. The third kappa shape index (κ3) is 3.96. The van der Waals surface area contributed by atoms with Crippen molar-refractivity contribution in [2.45, 2.75) is 12.7 Å². The Labute approximate surface area is 175 Å². The fourth-order valence-electron chi connectivity index (χ4n) is 3.60. The van der Waals surface area contributed by atoms with Crippen LogP contribution in [0.25, 0.3) is 6.08 Å². The van der Waals surface area contributed by atoms with E-state index in [-0.39, 0.29) is 12.1 Å². The summed E-state index contributed by atoms with van der Waals surface area (Å²) in [5, 5.41) is 3.06. The Morgan fingerprint density at radius 2 is 1.70 bits per heavy atom. The zero-order chi connectivity index (χ0) is 20.9. The SMILES string of the molecule is COC(=O)c1ccccc1/C=C/C1NC(=O)c2ccccc2N1Cc1ccccc1. The van der Waals surface area contributed by atoms with Crippen LogP contribution in [0, 0.1) is 0 Å². The predicted octanol–water partition coefficient (Wildman–Crippen LogP) is 4.26. The average Bonchev–Trinajstić information content (AvgIpc) is 2.80. The van der Waals surface area contributed by atoms with Gasteiger partial charge in [-0.2, -0.15) is 0 Å². The summed E-state index contributed by atoms with van der Waals surface area (Å²) in [5.41, 5.74) is 3.87. The molecule has 0 bridgehead atoms. The molecule has 5 nitrogen and oxygen atoms in total. The third-order valence-corrected chi connectivity index (χ3v) is 5.09. The third-order valence-electron chi connectivity index (χ3n) is 5.09. The van der Waals surface area contributed by atoms with Crippen molar-refractivity contribution in [1.82, 2.24) is 5.32 Å². The highest BCUT2D eigenvalue weighted by Gasteiger charge is 2.29. The molecule has 1 amide bonds. The maximum Gasteiger partial charge on any atom is 0.338 e. The molecular weight excluding hydrogens is 376 g/mol. The zero-order valence-corrected chi connectivity index (χ0v) is 16.6. The van der Waals surface area contributed by atoms with Crippen LogP contribution in [0.2, 0.25) is 0 Å². The predicted molar refractivity (Wildman–Crippen MR) is 117 cm³/mol. The summed E-state index contributed by atoms with van der Waals surface area (Å²) in [7, 11) is 1.36. The first-order chi connectivity index (χ1) is 14.7. The molecule has 4 rings (SSSR count). The number of amides is 1. The number of methoxy groups -OCH3 is 1. The number of carbonyl (C=O) groups is 2. The van der Waals surface area contributed by atoms with Crippen LogP contribution in [0.15, 0.2) is 84.9 Å². The first-order valence-electron chi connectivity index (χ1n) is 9.73. The molecule has 0 aromatic heterocycles. The summed E-state index contributed by atoms with van der Waals surface area (Å²) >= 11 is 0. The number of nitrogens with one attached hydrogen (secondary N) is 1. The quantitative estimate of drug-likeness (QED) is 0.653. The summed E-state index contributed by atoms with van der Waals surface area (Å²) in [6.45, 7) is 0.631. The Bertz CT molecular complexity index is 1090. The number of esters is 1. The average molecular weight is 398 g/mol. The fraction of sp³-hybridized carbons (Fsp3) is 0.120. The smallest absolute Gasteiger partial charge is 0.338 e. The molecule has 150 valence electrons. The minimum Gasteiger partial charge on any atom is -0.465 e. The van der Waals surface area contributed by atoms with Crippen molar-refractivity contribution in [1.29, 1.82) is 0 Å². The normalized spacial score (nSPS) is 15.6. The standard InChI is InChI=1S/C25H22N2O3/c1-30-25(29)20-12-6-5-11-19(20)15-16-23-26-24(28)21-13-7-8-14-22(21)27(23)17-18-9-3-2-4-10-18/h2-16,23H,17H2,1H3,(H,26,28)/b16-15+. The molecule has 0 aliphatic carbocycles. The maximum atomic E-state index is 12.7. The lowest BCUT2D eigenvalue weighted by molar-refractivity contribution is 0.0600. The van der Waals surface area contributed by atoms with Crippen molar-refractivity contribution < 1.29 is 14.3 Å². The number of benzene rings is 3. The highest BCUT2D eigenvalue weighted by molar-refractivity contribution is 6.02. The summed E-state index contributed by atoms with van der Waals surface area (Å²) in [6.07, 6.45) is 3.39. The Morgan fingerprint density at radius 1 is 1.00 bits per heavy atom. The van der Waals surface area contributed by atoms with Gasteiger partial charge in [0.15, 0.2) is 0 Å². The molecule has 0 radical (unpaired) electrons. The van der Waals surface area contributed by atoms with E-state index >= 15 is 0 Å². The fourth-order valence-corrected chi connectivity index (χ4v) is 3.60. The number of fused-ring (bicyclic) bond motifs is 1. The Morgan fingerprint density at radius 3 is 2.50 bits per heavy atom. The van der Waals surface area contributed by atoms with E-state index in [1.54, 1.807) is 12.1 Å². The number of hydrogen-bond donors (Lipinski definition) is 1. The molecule has 1 atom stereocenters. The van der Waals surface area contributed by atoms with E-state index in [0.29, 0.717) is 17.7 Å². The number of rotatable bonds is 5. The molecule has 5 heteroatoms. The van der Waals surface area contributed by atoms with E-state index in [1.165, 1.54) is 7.11 Å². The van der Waals surface area contributed by atoms with E-state index in [0.717, 1.165) is 16.8 Å². The number of anilines is 1. The van der Waals surface area contributed by atoms with Crippen LogP contribution in [0.5, 0.6) is 0 Å². The second kappa shape index (κ2) is 8.66. The molecule has 1 N–H and O–H groups in total. The molecule has 0 saturated heterocycles. The van der Waals surface area contributed by atoms with E-state index in [1.807, 2.05) is 66.7 Å². The lowest BCUT2D eigenvalue weighted by Crippen LogP contribution is -2.51. The Hall–Kier alpha value is -3.86. The van der Waals surface area contributed by atoms with Crippen molar-refractivity contribution >= 4 is 23.6 Å². The highest BCUT2D eigenvalue weighted by Crippen LogP contribution is 2.28. The topological polar surface area (TPSA) is 58.6 Å². The van der Waals surface area contributed by atoms with Crippen molar-refractivity contribution in [3.8, 4) is 0 Å². The van der Waals surface area contributed by atoms with E-state index in [4.69, 9.17) is 4.74 Å². The van der Waals surface area contributed by atoms with Gasteiger partial charge in [0.25, 0.3) is 5.91 Å². The molecule has 1 aliphatic rings. The number of carbonyl (C=O) groups excluding carboxylic acids is 2. The molecule has 1 aliphatic heterocycles. The largest absolute Gasteiger partial charge is 0.465 e. The van der Waals surface area contributed by atoms with Gasteiger partial charge in [-0.05, 0) is 35.4 Å². The second-order valence-electron chi connectivity index (χ2n) is 6.99. The van der Waals surface area contributed by atoms with Crippen LogP contribution in [-0.2, 0) is 11.3 Å². The van der Waals surface area contributed by atoms with Gasteiger partial charge in [0.1, 0.15) is 6.17 Å². The van der Waals surface area contributed by atoms with Gasteiger partial charge >= 0.3 is 5.97 Å². The van der Waals surface area contributed by atoms with Crippen molar-refractivity contribution in [2.24, 2.45) is 0 Å². The molecule has 0 saturated carbocycles. The molecule has 0 fully saturated rings. The zero-order valence-electron chi connectivity index (χ0n) is 16.6. The van der Waals surface area contributed by atoms with E-state index < -0.39 is 5.97 Å². The van der Waals surface area contributed by atoms with Crippen LogP contribution in [0.1, 0.15) is 31.8 Å². The van der Waals surface area contributed by atoms with Crippen molar-refractivity contribution in [2.75, 3.05) is 12.0 Å². The number of hydrogen-bond acceptors (Lipinski definition) is 4. The number of para-hydroxylation sites is 1. The van der Waals surface area contributed by atoms with Crippen LogP contribution in [-0.4, -0.2) is 25.2 Å². The van der Waals surface area contributed by atoms with Gasteiger partial charge in [0.05, 0.1) is 23.9 Å². The van der Waals surface area contributed by atoms with Crippen molar-refractivity contribution in [3.63, 3.8) is 0 Å². The minimum absolute atomic E-state index is 0.120. The minimum atomic E-state index is -0.394. The van der Waals surface area contributed by atoms with Gasteiger partial charge in [-0.25, -0.2) is 4.79 Å². The van der Waals surface area contributed by atoms with Gasteiger partial charge in [-0.1, -0.05) is 66.7 Å². The maximum absolute atomic E-state index is 12.7. The van der Waals surface area contributed by atoms with Crippen LogP contribution in [0.3, 0.4) is 0 Å². The molecule has 30 heavy (non-hydrogen) atoms. The molecule has 3 aromatic carbocycles. The highest BCUT2D eigenvalue weighted by atomic mass is 16.5.